The Hall–Kier alpha value is -0.720. The molecule has 1 unspecified atom stereocenters. The molecule has 0 aliphatic carbocycles. The van der Waals surface area contributed by atoms with Gasteiger partial charge in [-0.25, -0.2) is 0 Å². The Balaban J connectivity index is 2.62. The van der Waals surface area contributed by atoms with Crippen molar-refractivity contribution in [3.8, 4) is 0 Å². The second kappa shape index (κ2) is 3.61. The van der Waals surface area contributed by atoms with Gasteiger partial charge in [-0.05, 0) is 25.3 Å². The highest BCUT2D eigenvalue weighted by atomic mass is 15.1. The summed E-state index contributed by atoms with van der Waals surface area (Å²) in [4.78, 5) is 2.38. The molecule has 1 rings (SSSR count). The van der Waals surface area contributed by atoms with E-state index < -0.39 is 0 Å². The van der Waals surface area contributed by atoms with Crippen molar-refractivity contribution in [2.75, 3.05) is 13.1 Å². The van der Waals surface area contributed by atoms with Gasteiger partial charge in [0.1, 0.15) is 0 Å². The highest BCUT2D eigenvalue weighted by Crippen LogP contribution is 2.22. The van der Waals surface area contributed by atoms with Crippen molar-refractivity contribution in [1.82, 2.24) is 4.90 Å². The molecule has 0 spiro atoms. The molecule has 0 aromatic heterocycles. The lowest BCUT2D eigenvalue weighted by Gasteiger charge is -2.18. The minimum Gasteiger partial charge on any atom is -0.371 e. The van der Waals surface area contributed by atoms with Gasteiger partial charge in [0.15, 0.2) is 0 Å². The molecular weight excluding hydrogens is 134 g/mol. The maximum atomic E-state index is 3.80. The summed E-state index contributed by atoms with van der Waals surface area (Å²) in [5, 5.41) is 0. The molecule has 62 valence electrons. The van der Waals surface area contributed by atoms with E-state index in [0.717, 1.165) is 12.5 Å². The molecule has 11 heavy (non-hydrogen) atoms. The monoisotopic (exact) mass is 151 g/mol. The number of allylic oxidation sites excluding steroid dienone is 1. The maximum absolute atomic E-state index is 3.80. The van der Waals surface area contributed by atoms with E-state index in [9.17, 15) is 0 Å². The Morgan fingerprint density at radius 3 is 2.82 bits per heavy atom. The smallest absolute Gasteiger partial charge is 0.0323 e. The molecule has 1 nitrogen and oxygen atoms in total. The molecule has 1 heteroatoms. The van der Waals surface area contributed by atoms with Gasteiger partial charge >= 0.3 is 0 Å². The minimum atomic E-state index is 0.753. The van der Waals surface area contributed by atoms with Crippen molar-refractivity contribution >= 4 is 0 Å². The molecule has 1 heterocycles. The van der Waals surface area contributed by atoms with Crippen molar-refractivity contribution < 1.29 is 0 Å². The van der Waals surface area contributed by atoms with Crippen LogP contribution in [0, 0.1) is 5.92 Å². The van der Waals surface area contributed by atoms with Crippen LogP contribution in [0.4, 0.5) is 0 Å². The van der Waals surface area contributed by atoms with E-state index in [1.54, 1.807) is 0 Å². The second-order valence-corrected chi connectivity index (χ2v) is 3.00. The summed E-state index contributed by atoms with van der Waals surface area (Å²) in [5.41, 5.74) is 1.32. The number of hydrogen-bond donors (Lipinski definition) is 0. The lowest BCUT2D eigenvalue weighted by atomic mass is 10.1. The first-order valence-corrected chi connectivity index (χ1v) is 4.41. The highest BCUT2D eigenvalue weighted by Gasteiger charge is 2.17. The van der Waals surface area contributed by atoms with Gasteiger partial charge in [-0.3, -0.25) is 0 Å². The summed E-state index contributed by atoms with van der Waals surface area (Å²) < 4.78 is 0. The maximum Gasteiger partial charge on any atom is 0.0323 e. The van der Waals surface area contributed by atoms with E-state index in [1.165, 1.54) is 18.7 Å². The van der Waals surface area contributed by atoms with Crippen LogP contribution >= 0.6 is 0 Å². The van der Waals surface area contributed by atoms with Gasteiger partial charge in [0.25, 0.3) is 0 Å². The van der Waals surface area contributed by atoms with Gasteiger partial charge in [-0.15, -0.1) is 0 Å². The van der Waals surface area contributed by atoms with Crippen molar-refractivity contribution in [3.63, 3.8) is 0 Å². The molecule has 0 aromatic rings. The zero-order chi connectivity index (χ0) is 8.27. The van der Waals surface area contributed by atoms with E-state index in [4.69, 9.17) is 0 Å². The molecule has 1 aliphatic heterocycles. The number of likely N-dealkylation sites (N-methyl/N-ethyl adjacent to an activating group) is 1. The number of rotatable bonds is 3. The highest BCUT2D eigenvalue weighted by molar-refractivity contribution is 5.21. The predicted molar refractivity (Wildman–Crippen MR) is 49.3 cm³/mol. The summed E-state index contributed by atoms with van der Waals surface area (Å²) in [5.74, 6) is 0.753. The predicted octanol–water partition coefficient (Wildman–Crippen LogP) is 2.42. The van der Waals surface area contributed by atoms with E-state index >= 15 is 0 Å². The van der Waals surface area contributed by atoms with Crippen LogP contribution in [-0.4, -0.2) is 18.0 Å². The Bertz CT molecular complexity index is 170. The van der Waals surface area contributed by atoms with Gasteiger partial charge in [0.05, 0.1) is 0 Å². The third-order valence-electron chi connectivity index (χ3n) is 2.34. The van der Waals surface area contributed by atoms with Gasteiger partial charge in [-0.1, -0.05) is 19.6 Å². The molecule has 0 amide bonds. The zero-order valence-corrected chi connectivity index (χ0v) is 7.51. The molecule has 0 fully saturated rings. The van der Waals surface area contributed by atoms with Crippen LogP contribution in [0.25, 0.3) is 0 Å². The third kappa shape index (κ3) is 1.65. The Morgan fingerprint density at radius 1 is 1.73 bits per heavy atom. The van der Waals surface area contributed by atoms with Crippen LogP contribution in [0.5, 0.6) is 0 Å². The lowest BCUT2D eigenvalue weighted by molar-refractivity contribution is 0.367. The van der Waals surface area contributed by atoms with E-state index in [0.29, 0.717) is 0 Å². The SMILES string of the molecule is C=CC1=CC(CC)CN1CC. The molecule has 0 bridgehead atoms. The van der Waals surface area contributed by atoms with Crippen LogP contribution in [0.15, 0.2) is 24.4 Å². The van der Waals surface area contributed by atoms with Gasteiger partial charge in [0.2, 0.25) is 0 Å². The van der Waals surface area contributed by atoms with E-state index in [2.05, 4.69) is 31.4 Å². The fourth-order valence-corrected chi connectivity index (χ4v) is 1.54. The van der Waals surface area contributed by atoms with Crippen LogP contribution in [0.2, 0.25) is 0 Å². The molecular formula is C10H17N. The van der Waals surface area contributed by atoms with E-state index in [1.807, 2.05) is 6.08 Å². The standard InChI is InChI=1S/C10H17N/c1-4-9-7-10(5-2)11(6-3)8-9/h5,7,9H,2,4,6,8H2,1,3H3. The van der Waals surface area contributed by atoms with Crippen molar-refractivity contribution in [3.05, 3.63) is 24.4 Å². The minimum absolute atomic E-state index is 0.753. The Morgan fingerprint density at radius 2 is 2.45 bits per heavy atom. The van der Waals surface area contributed by atoms with Gasteiger partial charge < -0.3 is 4.90 Å². The zero-order valence-electron chi connectivity index (χ0n) is 7.51. The largest absolute Gasteiger partial charge is 0.371 e. The first-order chi connectivity index (χ1) is 5.31. The van der Waals surface area contributed by atoms with Crippen LogP contribution < -0.4 is 0 Å². The first-order valence-electron chi connectivity index (χ1n) is 4.41. The summed E-state index contributed by atoms with van der Waals surface area (Å²) in [6.45, 7) is 10.5. The number of hydrogen-bond acceptors (Lipinski definition) is 1. The van der Waals surface area contributed by atoms with Crippen molar-refractivity contribution in [1.29, 1.82) is 0 Å². The fourth-order valence-electron chi connectivity index (χ4n) is 1.54. The normalized spacial score (nSPS) is 23.6. The van der Waals surface area contributed by atoms with Crippen LogP contribution in [-0.2, 0) is 0 Å². The second-order valence-electron chi connectivity index (χ2n) is 3.00. The third-order valence-corrected chi connectivity index (χ3v) is 2.34. The van der Waals surface area contributed by atoms with Gasteiger partial charge in [-0.2, -0.15) is 0 Å². The molecule has 0 saturated heterocycles. The fraction of sp³-hybridized carbons (Fsp3) is 0.600. The molecule has 0 N–H and O–H groups in total. The average Bonchev–Trinajstić information content (AvgIpc) is 2.46. The van der Waals surface area contributed by atoms with Gasteiger partial charge in [0, 0.05) is 18.8 Å². The lowest BCUT2D eigenvalue weighted by Crippen LogP contribution is -2.20. The van der Waals surface area contributed by atoms with Crippen LogP contribution in [0.3, 0.4) is 0 Å². The number of nitrogens with zero attached hydrogens (tertiary/aromatic N) is 1. The Labute approximate surface area is 69.4 Å². The Kier molecular flexibility index (Phi) is 2.75. The summed E-state index contributed by atoms with van der Waals surface area (Å²) in [7, 11) is 0. The average molecular weight is 151 g/mol. The summed E-state index contributed by atoms with van der Waals surface area (Å²) in [6.07, 6.45) is 5.53. The molecule has 0 saturated carbocycles. The molecule has 1 atom stereocenters. The van der Waals surface area contributed by atoms with Crippen LogP contribution in [0.1, 0.15) is 20.3 Å². The summed E-state index contributed by atoms with van der Waals surface area (Å²) >= 11 is 0. The quantitative estimate of drug-likeness (QED) is 0.598. The summed E-state index contributed by atoms with van der Waals surface area (Å²) in [6, 6.07) is 0. The van der Waals surface area contributed by atoms with Crippen molar-refractivity contribution in [2.24, 2.45) is 5.92 Å². The first kappa shape index (κ1) is 8.38. The topological polar surface area (TPSA) is 3.24 Å². The van der Waals surface area contributed by atoms with Crippen molar-refractivity contribution in [2.45, 2.75) is 20.3 Å². The molecule has 1 aliphatic rings. The molecule has 0 aromatic carbocycles. The van der Waals surface area contributed by atoms with E-state index in [-0.39, 0.29) is 0 Å². The molecule has 0 radical (unpaired) electrons.